The topological polar surface area (TPSA) is 38.8 Å². The van der Waals surface area contributed by atoms with Crippen LogP contribution in [0.15, 0.2) is 51.8 Å². The molecule has 1 amide bonds. The predicted molar refractivity (Wildman–Crippen MR) is 108 cm³/mol. The highest BCUT2D eigenvalue weighted by molar-refractivity contribution is 9.10. The number of rotatable bonds is 9. The van der Waals surface area contributed by atoms with E-state index in [9.17, 15) is 13.6 Å². The maximum atomic E-state index is 12.8. The summed E-state index contributed by atoms with van der Waals surface area (Å²) in [5.74, 6) is 0.617. The van der Waals surface area contributed by atoms with Gasteiger partial charge in [-0.3, -0.25) is 4.79 Å². The number of benzene rings is 2. The average Bonchev–Trinajstić information content (AvgIpc) is 3.51. The number of carbonyl (C=O) groups is 1. The normalized spacial score (nSPS) is 13.5. The molecule has 1 aliphatic carbocycles. The maximum Gasteiger partial charge on any atom is 0.387 e. The van der Waals surface area contributed by atoms with Gasteiger partial charge in [-0.15, -0.1) is 11.8 Å². The summed E-state index contributed by atoms with van der Waals surface area (Å²) in [6.45, 7) is -2.50. The molecule has 0 aliphatic heterocycles. The molecule has 0 heterocycles. The number of thioether (sulfide) groups is 1. The molecule has 150 valence electrons. The lowest BCUT2D eigenvalue weighted by molar-refractivity contribution is -0.129. The van der Waals surface area contributed by atoms with Gasteiger partial charge in [0.15, 0.2) is 11.5 Å². The Morgan fingerprint density at radius 3 is 2.54 bits per heavy atom. The number of hydrogen-bond acceptors (Lipinski definition) is 4. The molecule has 0 bridgehead atoms. The van der Waals surface area contributed by atoms with E-state index in [1.54, 1.807) is 12.1 Å². The zero-order valence-electron chi connectivity index (χ0n) is 15.2. The molecule has 0 unspecified atom stereocenters. The lowest BCUT2D eigenvalue weighted by Gasteiger charge is -2.23. The van der Waals surface area contributed by atoms with E-state index in [0.717, 1.165) is 27.8 Å². The Bertz CT molecular complexity index is 816. The monoisotopic (exact) mass is 471 g/mol. The predicted octanol–water partition coefficient (Wildman–Crippen LogP) is 5.34. The van der Waals surface area contributed by atoms with E-state index in [2.05, 4.69) is 20.7 Å². The Hall–Kier alpha value is -1.80. The van der Waals surface area contributed by atoms with Crippen molar-refractivity contribution >= 4 is 33.6 Å². The third kappa shape index (κ3) is 5.85. The molecule has 3 rings (SSSR count). The van der Waals surface area contributed by atoms with Crippen LogP contribution in [0.2, 0.25) is 0 Å². The van der Waals surface area contributed by atoms with E-state index in [1.165, 1.54) is 24.9 Å². The molecule has 0 radical (unpaired) electrons. The molecule has 8 heteroatoms. The van der Waals surface area contributed by atoms with Crippen molar-refractivity contribution in [3.63, 3.8) is 0 Å². The quantitative estimate of drug-likeness (QED) is 0.462. The van der Waals surface area contributed by atoms with Gasteiger partial charge < -0.3 is 14.4 Å². The summed E-state index contributed by atoms with van der Waals surface area (Å²) in [6, 6.07) is 12.8. The zero-order valence-corrected chi connectivity index (χ0v) is 17.6. The fraction of sp³-hybridized carbons (Fsp3) is 0.350. The molecule has 0 atom stereocenters. The molecule has 28 heavy (non-hydrogen) atoms. The number of halogens is 3. The summed E-state index contributed by atoms with van der Waals surface area (Å²) in [6.07, 6.45) is 1.97. The van der Waals surface area contributed by atoms with Crippen molar-refractivity contribution in [3.8, 4) is 11.5 Å². The summed E-state index contributed by atoms with van der Waals surface area (Å²) in [5.41, 5.74) is 0.812. The Balaban J connectivity index is 1.65. The van der Waals surface area contributed by atoms with Gasteiger partial charge in [-0.05, 0) is 54.8 Å². The number of methoxy groups -OCH3 is 1. The summed E-state index contributed by atoms with van der Waals surface area (Å²) < 4.78 is 35.6. The summed E-state index contributed by atoms with van der Waals surface area (Å²) in [4.78, 5) is 15.7. The van der Waals surface area contributed by atoms with Crippen LogP contribution < -0.4 is 9.47 Å². The minimum Gasteiger partial charge on any atom is -0.493 e. The third-order valence-corrected chi connectivity index (χ3v) is 5.81. The second-order valence-corrected chi connectivity index (χ2v) is 8.32. The van der Waals surface area contributed by atoms with Crippen LogP contribution in [0.1, 0.15) is 18.4 Å². The third-order valence-electron chi connectivity index (χ3n) is 4.28. The standard InChI is InChI=1S/C20H20BrF2NO3S/c1-26-18-10-13(2-9-17(18)27-20(22)23)11-24(15-5-6-15)19(25)12-28-16-7-3-14(21)4-8-16/h2-4,7-10,15,20H,5-6,11-12H2,1H3. The molecule has 1 fully saturated rings. The fourth-order valence-corrected chi connectivity index (χ4v) is 3.82. The molecule has 0 spiro atoms. The van der Waals surface area contributed by atoms with Gasteiger partial charge in [-0.1, -0.05) is 22.0 Å². The van der Waals surface area contributed by atoms with E-state index in [1.807, 2.05) is 29.2 Å². The van der Waals surface area contributed by atoms with Crippen molar-refractivity contribution in [1.29, 1.82) is 0 Å². The summed E-state index contributed by atoms with van der Waals surface area (Å²) in [5, 5.41) is 0. The number of alkyl halides is 2. The molecule has 0 N–H and O–H groups in total. The van der Waals surface area contributed by atoms with E-state index in [4.69, 9.17) is 4.74 Å². The average molecular weight is 472 g/mol. The minimum absolute atomic E-state index is 0.0173. The summed E-state index contributed by atoms with van der Waals surface area (Å²) in [7, 11) is 1.40. The molecular formula is C20H20BrF2NO3S. The van der Waals surface area contributed by atoms with Crippen LogP contribution in [0.5, 0.6) is 11.5 Å². The van der Waals surface area contributed by atoms with Crippen molar-refractivity contribution in [2.24, 2.45) is 0 Å². The molecule has 2 aromatic rings. The van der Waals surface area contributed by atoms with Gasteiger partial charge in [0.05, 0.1) is 12.9 Å². The van der Waals surface area contributed by atoms with E-state index >= 15 is 0 Å². The largest absolute Gasteiger partial charge is 0.493 e. The first kappa shape index (κ1) is 20.9. The number of hydrogen-bond donors (Lipinski definition) is 0. The molecule has 4 nitrogen and oxygen atoms in total. The van der Waals surface area contributed by atoms with Crippen molar-refractivity contribution in [2.75, 3.05) is 12.9 Å². The molecular weight excluding hydrogens is 452 g/mol. The van der Waals surface area contributed by atoms with Crippen LogP contribution in [-0.4, -0.2) is 36.3 Å². The minimum atomic E-state index is -2.92. The number of nitrogens with zero attached hydrogens (tertiary/aromatic N) is 1. The highest BCUT2D eigenvalue weighted by atomic mass is 79.9. The lowest BCUT2D eigenvalue weighted by Crippen LogP contribution is -2.33. The summed E-state index contributed by atoms with van der Waals surface area (Å²) >= 11 is 4.90. The van der Waals surface area contributed by atoms with Crippen LogP contribution in [0, 0.1) is 0 Å². The second-order valence-electron chi connectivity index (χ2n) is 6.36. The van der Waals surface area contributed by atoms with Gasteiger partial charge in [-0.25, -0.2) is 0 Å². The molecule has 1 saturated carbocycles. The van der Waals surface area contributed by atoms with Crippen molar-refractivity contribution in [2.45, 2.75) is 36.9 Å². The van der Waals surface area contributed by atoms with E-state index in [0.29, 0.717) is 12.3 Å². The first-order chi connectivity index (χ1) is 13.5. The van der Waals surface area contributed by atoms with E-state index in [-0.39, 0.29) is 23.4 Å². The number of carbonyl (C=O) groups excluding carboxylic acids is 1. The van der Waals surface area contributed by atoms with Crippen LogP contribution in [0.3, 0.4) is 0 Å². The van der Waals surface area contributed by atoms with Crippen molar-refractivity contribution < 1.29 is 23.0 Å². The van der Waals surface area contributed by atoms with Gasteiger partial charge in [-0.2, -0.15) is 8.78 Å². The Morgan fingerprint density at radius 2 is 1.93 bits per heavy atom. The maximum absolute atomic E-state index is 12.8. The number of ether oxygens (including phenoxy) is 2. The Morgan fingerprint density at radius 1 is 1.21 bits per heavy atom. The van der Waals surface area contributed by atoms with Crippen LogP contribution in [-0.2, 0) is 11.3 Å². The van der Waals surface area contributed by atoms with Gasteiger partial charge in [0.25, 0.3) is 0 Å². The van der Waals surface area contributed by atoms with Gasteiger partial charge in [0.1, 0.15) is 0 Å². The van der Waals surface area contributed by atoms with Crippen molar-refractivity contribution in [1.82, 2.24) is 4.90 Å². The van der Waals surface area contributed by atoms with Crippen LogP contribution in [0.25, 0.3) is 0 Å². The zero-order chi connectivity index (χ0) is 20.1. The Kier molecular flexibility index (Phi) is 7.18. The van der Waals surface area contributed by atoms with Gasteiger partial charge in [0, 0.05) is 22.0 Å². The number of amides is 1. The first-order valence-corrected chi connectivity index (χ1v) is 10.5. The molecule has 0 aromatic heterocycles. The van der Waals surface area contributed by atoms with E-state index < -0.39 is 6.61 Å². The van der Waals surface area contributed by atoms with Gasteiger partial charge >= 0.3 is 6.61 Å². The molecule has 2 aromatic carbocycles. The fourth-order valence-electron chi connectivity index (χ4n) is 2.77. The highest BCUT2D eigenvalue weighted by Crippen LogP contribution is 2.33. The van der Waals surface area contributed by atoms with Crippen LogP contribution >= 0.6 is 27.7 Å². The molecule has 1 aliphatic rings. The Labute approximate surface area is 175 Å². The van der Waals surface area contributed by atoms with Crippen LogP contribution in [0.4, 0.5) is 8.78 Å². The van der Waals surface area contributed by atoms with Crippen molar-refractivity contribution in [3.05, 3.63) is 52.5 Å². The molecule has 0 saturated heterocycles. The lowest BCUT2D eigenvalue weighted by atomic mass is 10.2. The first-order valence-electron chi connectivity index (χ1n) is 8.76. The van der Waals surface area contributed by atoms with Gasteiger partial charge in [0.2, 0.25) is 5.91 Å². The smallest absolute Gasteiger partial charge is 0.387 e. The highest BCUT2D eigenvalue weighted by Gasteiger charge is 2.32. The second kappa shape index (κ2) is 9.60. The SMILES string of the molecule is COc1cc(CN(C(=O)CSc2ccc(Br)cc2)C2CC2)ccc1OC(F)F.